The SMILES string of the molecule is CC(C)(C)c1cccc(OCC(=O)Nc2cc(F)ccc2F)c1. The lowest BCUT2D eigenvalue weighted by Crippen LogP contribution is -2.21. The van der Waals surface area contributed by atoms with E-state index in [0.29, 0.717) is 5.75 Å². The Kier molecular flexibility index (Phi) is 4.98. The number of benzene rings is 2. The standard InChI is InChI=1S/C18H19F2NO2/c1-18(2,3)12-5-4-6-14(9-12)23-11-17(22)21-16-10-13(19)7-8-15(16)20/h4-10H,11H2,1-3H3,(H,21,22). The third-order valence-corrected chi connectivity index (χ3v) is 3.27. The minimum atomic E-state index is -0.700. The molecule has 0 aliphatic carbocycles. The van der Waals surface area contributed by atoms with Crippen molar-refractivity contribution < 1.29 is 18.3 Å². The molecule has 122 valence electrons. The molecule has 0 aliphatic rings. The molecule has 0 aliphatic heterocycles. The number of amides is 1. The monoisotopic (exact) mass is 319 g/mol. The first-order valence-corrected chi connectivity index (χ1v) is 7.24. The summed E-state index contributed by atoms with van der Waals surface area (Å²) in [5.74, 6) is -1.34. The Labute approximate surface area is 134 Å². The van der Waals surface area contributed by atoms with Crippen molar-refractivity contribution in [1.29, 1.82) is 0 Å². The molecule has 0 saturated heterocycles. The van der Waals surface area contributed by atoms with Crippen molar-refractivity contribution in [2.24, 2.45) is 0 Å². The molecule has 1 amide bonds. The van der Waals surface area contributed by atoms with Gasteiger partial charge in [-0.2, -0.15) is 0 Å². The highest BCUT2D eigenvalue weighted by atomic mass is 19.1. The lowest BCUT2D eigenvalue weighted by molar-refractivity contribution is -0.118. The molecule has 0 aromatic heterocycles. The Morgan fingerprint density at radius 3 is 2.57 bits per heavy atom. The van der Waals surface area contributed by atoms with E-state index in [-0.39, 0.29) is 17.7 Å². The van der Waals surface area contributed by atoms with Gasteiger partial charge in [-0.3, -0.25) is 4.79 Å². The van der Waals surface area contributed by atoms with Crippen LogP contribution in [-0.4, -0.2) is 12.5 Å². The number of ether oxygens (including phenoxy) is 1. The lowest BCUT2D eigenvalue weighted by Gasteiger charge is -2.19. The van der Waals surface area contributed by atoms with Crippen molar-refractivity contribution in [3.63, 3.8) is 0 Å². The average Bonchev–Trinajstić information content (AvgIpc) is 2.48. The Balaban J connectivity index is 1.98. The van der Waals surface area contributed by atoms with Crippen molar-refractivity contribution in [2.75, 3.05) is 11.9 Å². The summed E-state index contributed by atoms with van der Waals surface area (Å²) in [5.41, 5.74) is 0.834. The second kappa shape index (κ2) is 6.77. The maximum atomic E-state index is 13.5. The van der Waals surface area contributed by atoms with Crippen molar-refractivity contribution in [1.82, 2.24) is 0 Å². The first-order valence-electron chi connectivity index (χ1n) is 7.24. The van der Waals surface area contributed by atoms with Gasteiger partial charge >= 0.3 is 0 Å². The van der Waals surface area contributed by atoms with Crippen LogP contribution >= 0.6 is 0 Å². The number of carbonyl (C=O) groups excluding carboxylic acids is 1. The van der Waals surface area contributed by atoms with E-state index in [1.807, 2.05) is 18.2 Å². The highest BCUT2D eigenvalue weighted by molar-refractivity contribution is 5.92. The third kappa shape index (κ3) is 4.77. The van der Waals surface area contributed by atoms with E-state index in [1.165, 1.54) is 0 Å². The molecule has 2 aromatic carbocycles. The van der Waals surface area contributed by atoms with E-state index in [4.69, 9.17) is 4.74 Å². The van der Waals surface area contributed by atoms with E-state index in [0.717, 1.165) is 23.8 Å². The molecule has 0 unspecified atom stereocenters. The Bertz CT molecular complexity index is 708. The largest absolute Gasteiger partial charge is 0.484 e. The summed E-state index contributed by atoms with van der Waals surface area (Å²) in [5, 5.41) is 2.29. The molecule has 1 N–H and O–H groups in total. The van der Waals surface area contributed by atoms with Gasteiger partial charge in [0.1, 0.15) is 17.4 Å². The molecule has 5 heteroatoms. The smallest absolute Gasteiger partial charge is 0.262 e. The third-order valence-electron chi connectivity index (χ3n) is 3.27. The summed E-state index contributed by atoms with van der Waals surface area (Å²) in [6, 6.07) is 10.3. The number of anilines is 1. The van der Waals surface area contributed by atoms with Crippen LogP contribution in [0.3, 0.4) is 0 Å². The fraction of sp³-hybridized carbons (Fsp3) is 0.278. The van der Waals surface area contributed by atoms with E-state index in [2.05, 4.69) is 26.1 Å². The minimum Gasteiger partial charge on any atom is -0.484 e. The number of carbonyl (C=O) groups is 1. The molecule has 0 fully saturated rings. The first-order chi connectivity index (χ1) is 10.8. The van der Waals surface area contributed by atoms with Crippen molar-refractivity contribution >= 4 is 11.6 Å². The Hall–Kier alpha value is -2.43. The quantitative estimate of drug-likeness (QED) is 0.913. The van der Waals surface area contributed by atoms with Crippen LogP contribution in [0.4, 0.5) is 14.5 Å². The molecular weight excluding hydrogens is 300 g/mol. The summed E-state index contributed by atoms with van der Waals surface area (Å²) < 4.78 is 31.9. The Morgan fingerprint density at radius 1 is 1.13 bits per heavy atom. The summed E-state index contributed by atoms with van der Waals surface area (Å²) in [7, 11) is 0. The number of rotatable bonds is 4. The summed E-state index contributed by atoms with van der Waals surface area (Å²) in [6.07, 6.45) is 0. The maximum Gasteiger partial charge on any atom is 0.262 e. The highest BCUT2D eigenvalue weighted by Gasteiger charge is 2.14. The normalized spacial score (nSPS) is 11.2. The highest BCUT2D eigenvalue weighted by Crippen LogP contribution is 2.25. The van der Waals surface area contributed by atoms with E-state index in [1.54, 1.807) is 6.07 Å². The van der Waals surface area contributed by atoms with Gasteiger partial charge in [0.15, 0.2) is 6.61 Å². The molecule has 0 bridgehead atoms. The van der Waals surface area contributed by atoms with Crippen LogP contribution < -0.4 is 10.1 Å². The number of hydrogen-bond acceptors (Lipinski definition) is 2. The molecule has 0 radical (unpaired) electrons. The molecule has 0 saturated carbocycles. The van der Waals surface area contributed by atoms with Gasteiger partial charge in [0, 0.05) is 6.07 Å². The fourth-order valence-electron chi connectivity index (χ4n) is 1.98. The Morgan fingerprint density at radius 2 is 1.87 bits per heavy atom. The van der Waals surface area contributed by atoms with Gasteiger partial charge in [0.25, 0.3) is 5.91 Å². The predicted octanol–water partition coefficient (Wildman–Crippen LogP) is 4.28. The van der Waals surface area contributed by atoms with Crippen molar-refractivity contribution in [3.8, 4) is 5.75 Å². The molecule has 23 heavy (non-hydrogen) atoms. The number of hydrogen-bond donors (Lipinski definition) is 1. The predicted molar refractivity (Wildman–Crippen MR) is 85.6 cm³/mol. The average molecular weight is 319 g/mol. The van der Waals surface area contributed by atoms with Gasteiger partial charge < -0.3 is 10.1 Å². The zero-order chi connectivity index (χ0) is 17.0. The number of halogens is 2. The van der Waals surface area contributed by atoms with Gasteiger partial charge in [0.05, 0.1) is 5.69 Å². The van der Waals surface area contributed by atoms with Crippen LogP contribution in [0.25, 0.3) is 0 Å². The minimum absolute atomic E-state index is 0.0354. The van der Waals surface area contributed by atoms with E-state index >= 15 is 0 Å². The lowest BCUT2D eigenvalue weighted by atomic mass is 9.87. The molecule has 0 heterocycles. The molecule has 3 nitrogen and oxygen atoms in total. The van der Waals surface area contributed by atoms with Gasteiger partial charge in [0.2, 0.25) is 0 Å². The summed E-state index contributed by atoms with van der Waals surface area (Å²) in [4.78, 5) is 11.8. The summed E-state index contributed by atoms with van der Waals surface area (Å²) in [6.45, 7) is 5.94. The van der Waals surface area contributed by atoms with Crippen molar-refractivity contribution in [3.05, 3.63) is 59.7 Å². The van der Waals surface area contributed by atoms with Crippen LogP contribution in [-0.2, 0) is 10.2 Å². The fourth-order valence-corrected chi connectivity index (χ4v) is 1.98. The van der Waals surface area contributed by atoms with Gasteiger partial charge in [-0.25, -0.2) is 8.78 Å². The van der Waals surface area contributed by atoms with Crippen LogP contribution in [0.15, 0.2) is 42.5 Å². The summed E-state index contributed by atoms with van der Waals surface area (Å²) >= 11 is 0. The van der Waals surface area contributed by atoms with Gasteiger partial charge in [-0.05, 0) is 35.2 Å². The molecular formula is C18H19F2NO2. The van der Waals surface area contributed by atoms with Gasteiger partial charge in [-0.15, -0.1) is 0 Å². The molecule has 2 rings (SSSR count). The van der Waals surface area contributed by atoms with Crippen LogP contribution in [0.1, 0.15) is 26.3 Å². The van der Waals surface area contributed by atoms with Crippen LogP contribution in [0.5, 0.6) is 5.75 Å². The van der Waals surface area contributed by atoms with E-state index in [9.17, 15) is 13.6 Å². The molecule has 0 spiro atoms. The van der Waals surface area contributed by atoms with Gasteiger partial charge in [-0.1, -0.05) is 32.9 Å². The topological polar surface area (TPSA) is 38.3 Å². The first kappa shape index (κ1) is 16.9. The zero-order valence-electron chi connectivity index (χ0n) is 13.3. The van der Waals surface area contributed by atoms with Crippen LogP contribution in [0.2, 0.25) is 0 Å². The van der Waals surface area contributed by atoms with Crippen LogP contribution in [0, 0.1) is 11.6 Å². The maximum absolute atomic E-state index is 13.5. The zero-order valence-corrected chi connectivity index (χ0v) is 13.3. The second-order valence-electron chi connectivity index (χ2n) is 6.24. The number of nitrogens with one attached hydrogen (secondary N) is 1. The molecule has 0 atom stereocenters. The van der Waals surface area contributed by atoms with Crippen molar-refractivity contribution in [2.45, 2.75) is 26.2 Å². The molecule has 2 aromatic rings. The second-order valence-corrected chi connectivity index (χ2v) is 6.24. The van der Waals surface area contributed by atoms with E-state index < -0.39 is 17.5 Å².